The number of carbonyl (C=O) groups excluding carboxylic acids is 2. The average Bonchev–Trinajstić information content (AvgIpc) is 3.40. The largest absolute Gasteiger partial charge is 0.452 e. The molecule has 5 aromatic rings. The molecule has 0 bridgehead atoms. The van der Waals surface area contributed by atoms with E-state index < -0.39 is 45.0 Å². The number of esters is 1. The maximum absolute atomic E-state index is 13.5. The zero-order valence-electron chi connectivity index (χ0n) is 22.6. The van der Waals surface area contributed by atoms with Gasteiger partial charge in [-0.25, -0.2) is 22.0 Å². The van der Waals surface area contributed by atoms with Crippen molar-refractivity contribution in [1.82, 2.24) is 0 Å². The summed E-state index contributed by atoms with van der Waals surface area (Å²) in [6.45, 7) is -0.712. The molecule has 44 heavy (non-hydrogen) atoms. The minimum Gasteiger partial charge on any atom is -0.452 e. The van der Waals surface area contributed by atoms with Gasteiger partial charge in [0.1, 0.15) is 17.4 Å². The fourth-order valence-corrected chi connectivity index (χ4v) is 5.28. The fraction of sp³-hybridized carbons (Fsp3) is 0.0312. The number of hydrogen-bond donors (Lipinski definition) is 2. The Morgan fingerprint density at radius 3 is 2.09 bits per heavy atom. The molecule has 0 unspecified atom stereocenters. The van der Waals surface area contributed by atoms with E-state index in [1.54, 1.807) is 12.1 Å². The molecule has 1 heterocycles. The summed E-state index contributed by atoms with van der Waals surface area (Å²) in [7, 11) is -4.24. The number of carbonyl (C=O) groups is 2. The topological polar surface area (TPSA) is 138 Å². The van der Waals surface area contributed by atoms with Crippen LogP contribution >= 0.6 is 0 Å². The third-order valence-corrected chi connectivity index (χ3v) is 7.66. The van der Waals surface area contributed by atoms with Gasteiger partial charge in [-0.3, -0.25) is 14.8 Å². The number of amides is 1. The van der Waals surface area contributed by atoms with E-state index in [9.17, 15) is 32.0 Å². The summed E-state index contributed by atoms with van der Waals surface area (Å²) in [5.41, 5.74) is 2.01. The Balaban J connectivity index is 1.26. The van der Waals surface area contributed by atoms with Crippen LogP contribution in [0.2, 0.25) is 0 Å². The highest BCUT2D eigenvalue weighted by molar-refractivity contribution is 7.92. The molecule has 9 nitrogen and oxygen atoms in total. The van der Waals surface area contributed by atoms with Gasteiger partial charge in [-0.1, -0.05) is 60.7 Å². The molecule has 0 aliphatic heterocycles. The fourth-order valence-electron chi connectivity index (χ4n) is 4.21. The average molecular weight is 614 g/mol. The first-order valence-corrected chi connectivity index (χ1v) is 14.4. The Morgan fingerprint density at radius 1 is 0.841 bits per heavy atom. The third kappa shape index (κ3) is 6.48. The Kier molecular flexibility index (Phi) is 8.50. The molecule has 0 spiro atoms. The minimum absolute atomic E-state index is 0.00187. The molecule has 2 N–H and O–H groups in total. The van der Waals surface area contributed by atoms with Crippen LogP contribution in [0.25, 0.3) is 22.5 Å². The van der Waals surface area contributed by atoms with Crippen molar-refractivity contribution in [2.45, 2.75) is 4.90 Å². The lowest BCUT2D eigenvalue weighted by Crippen LogP contribution is -2.21. The molecule has 4 aromatic carbocycles. The van der Waals surface area contributed by atoms with Gasteiger partial charge in [0.05, 0.1) is 10.5 Å². The lowest BCUT2D eigenvalue weighted by atomic mass is 9.98. The Bertz CT molecular complexity index is 1990. The van der Waals surface area contributed by atoms with Gasteiger partial charge in [0, 0.05) is 16.8 Å². The van der Waals surface area contributed by atoms with Crippen molar-refractivity contribution in [2.75, 3.05) is 16.6 Å². The van der Waals surface area contributed by atoms with Crippen LogP contribution < -0.4 is 10.0 Å². The van der Waals surface area contributed by atoms with E-state index in [2.05, 4.69) is 16.1 Å². The number of ether oxygens (including phenoxy) is 1. The summed E-state index contributed by atoms with van der Waals surface area (Å²) in [6, 6.07) is 27.4. The Morgan fingerprint density at radius 2 is 1.48 bits per heavy atom. The van der Waals surface area contributed by atoms with Crippen molar-refractivity contribution < 1.29 is 35.9 Å². The number of benzene rings is 4. The van der Waals surface area contributed by atoms with Crippen molar-refractivity contribution >= 4 is 33.5 Å². The van der Waals surface area contributed by atoms with E-state index in [0.717, 1.165) is 6.07 Å². The predicted octanol–water partition coefficient (Wildman–Crippen LogP) is 6.36. The van der Waals surface area contributed by atoms with Gasteiger partial charge < -0.3 is 9.15 Å². The van der Waals surface area contributed by atoms with Gasteiger partial charge in [0.15, 0.2) is 18.2 Å². The van der Waals surface area contributed by atoms with E-state index in [-0.39, 0.29) is 22.7 Å². The first-order valence-electron chi connectivity index (χ1n) is 12.9. The number of sulfonamides is 1. The number of anilines is 2. The summed E-state index contributed by atoms with van der Waals surface area (Å²) >= 11 is 0. The maximum Gasteiger partial charge on any atom is 0.338 e. The number of nitrogens with zero attached hydrogens (tertiary/aromatic N) is 1. The zero-order chi connectivity index (χ0) is 31.3. The van der Waals surface area contributed by atoms with E-state index in [4.69, 9.17) is 9.15 Å². The van der Waals surface area contributed by atoms with Crippen molar-refractivity contribution in [2.24, 2.45) is 0 Å². The number of halogens is 2. The molecule has 0 saturated heterocycles. The van der Waals surface area contributed by atoms with Crippen molar-refractivity contribution in [1.29, 1.82) is 5.26 Å². The second-order valence-corrected chi connectivity index (χ2v) is 10.9. The van der Waals surface area contributed by atoms with Gasteiger partial charge in [0.2, 0.25) is 5.88 Å². The molecule has 0 aliphatic rings. The Hall–Kier alpha value is -5.80. The third-order valence-electron chi connectivity index (χ3n) is 6.28. The highest BCUT2D eigenvalue weighted by atomic mass is 32.2. The number of furan rings is 1. The van der Waals surface area contributed by atoms with E-state index in [0.29, 0.717) is 34.6 Å². The smallest absolute Gasteiger partial charge is 0.338 e. The first kappa shape index (κ1) is 29.7. The Labute approximate surface area is 250 Å². The van der Waals surface area contributed by atoms with Crippen LogP contribution in [-0.4, -0.2) is 26.9 Å². The van der Waals surface area contributed by atoms with E-state index in [1.807, 2.05) is 48.5 Å². The second kappa shape index (κ2) is 12.6. The predicted molar refractivity (Wildman–Crippen MR) is 157 cm³/mol. The van der Waals surface area contributed by atoms with Gasteiger partial charge >= 0.3 is 5.97 Å². The minimum atomic E-state index is -4.24. The van der Waals surface area contributed by atoms with Crippen LogP contribution in [0, 0.1) is 23.0 Å². The van der Waals surface area contributed by atoms with Gasteiger partial charge in [0.25, 0.3) is 15.9 Å². The lowest BCUT2D eigenvalue weighted by molar-refractivity contribution is -0.119. The van der Waals surface area contributed by atoms with Crippen molar-refractivity contribution in [3.63, 3.8) is 0 Å². The van der Waals surface area contributed by atoms with Crippen LogP contribution in [0.5, 0.6) is 0 Å². The van der Waals surface area contributed by atoms with Gasteiger partial charge in [-0.05, 0) is 48.0 Å². The SMILES string of the molecule is N#Cc1c(NC(=O)COC(=O)c2ccc(NS(=O)(=O)c3ccc(F)c(F)c3)cc2)oc(-c2ccccc2)c1-c1ccccc1. The summed E-state index contributed by atoms with van der Waals surface area (Å²) < 4.78 is 64.8. The first-order chi connectivity index (χ1) is 21.2. The quantitative estimate of drug-likeness (QED) is 0.185. The highest BCUT2D eigenvalue weighted by Gasteiger charge is 2.25. The number of rotatable bonds is 9. The molecule has 220 valence electrons. The molecule has 5 rings (SSSR count). The number of nitriles is 1. The van der Waals surface area contributed by atoms with Gasteiger partial charge in [-0.2, -0.15) is 5.26 Å². The molecule has 12 heteroatoms. The van der Waals surface area contributed by atoms with Crippen LogP contribution in [0.15, 0.2) is 112 Å². The molecule has 1 aromatic heterocycles. The number of nitrogens with one attached hydrogen (secondary N) is 2. The summed E-state index contributed by atoms with van der Waals surface area (Å²) in [4.78, 5) is 24.8. The molecule has 0 saturated carbocycles. The van der Waals surface area contributed by atoms with Crippen LogP contribution in [0.4, 0.5) is 20.4 Å². The maximum atomic E-state index is 13.5. The zero-order valence-corrected chi connectivity index (χ0v) is 23.4. The molecular weight excluding hydrogens is 592 g/mol. The van der Waals surface area contributed by atoms with Crippen LogP contribution in [-0.2, 0) is 19.6 Å². The standard InChI is InChI=1S/C32H21F2N3O6S/c33-26-16-15-24(17-27(26)34)44(40,41)37-23-13-11-22(12-14-23)32(39)42-19-28(38)36-31-25(18-35)29(20-7-3-1-4-8-20)30(43-31)21-9-5-2-6-10-21/h1-17,37H,19H2,(H,36,38). The molecular formula is C32H21F2N3O6S. The summed E-state index contributed by atoms with van der Waals surface area (Å²) in [5, 5.41) is 12.5. The molecule has 0 atom stereocenters. The monoisotopic (exact) mass is 613 g/mol. The number of hydrogen-bond acceptors (Lipinski definition) is 7. The summed E-state index contributed by atoms with van der Waals surface area (Å²) in [6.07, 6.45) is 0. The van der Waals surface area contributed by atoms with Crippen LogP contribution in [0.1, 0.15) is 15.9 Å². The van der Waals surface area contributed by atoms with E-state index in [1.165, 1.54) is 24.3 Å². The molecule has 0 aliphatic carbocycles. The molecule has 1 amide bonds. The second-order valence-electron chi connectivity index (χ2n) is 9.24. The normalized spacial score (nSPS) is 10.9. The molecule has 0 radical (unpaired) electrons. The highest BCUT2D eigenvalue weighted by Crippen LogP contribution is 2.41. The lowest BCUT2D eigenvalue weighted by Gasteiger charge is -2.09. The molecule has 0 fully saturated rings. The summed E-state index contributed by atoms with van der Waals surface area (Å²) in [5.74, 6) is -3.89. The van der Waals surface area contributed by atoms with Crippen molar-refractivity contribution in [3.8, 4) is 28.5 Å². The van der Waals surface area contributed by atoms with E-state index >= 15 is 0 Å². The van der Waals surface area contributed by atoms with Gasteiger partial charge in [-0.15, -0.1) is 0 Å². The van der Waals surface area contributed by atoms with Crippen molar-refractivity contribution in [3.05, 3.63) is 126 Å². The van der Waals surface area contributed by atoms with Crippen LogP contribution in [0.3, 0.4) is 0 Å².